The number of β-amino-alcohol motifs (C(OH)–C–C–N with tert-alkyl or cyclic N) is 1. The normalized spacial score (nSPS) is 23.0. The molecule has 4 heterocycles. The van der Waals surface area contributed by atoms with Crippen molar-refractivity contribution in [2.24, 2.45) is 0 Å². The minimum absolute atomic E-state index is 0.262. The predicted octanol–water partition coefficient (Wildman–Crippen LogP) is 1.72. The van der Waals surface area contributed by atoms with E-state index in [1.807, 2.05) is 0 Å². The van der Waals surface area contributed by atoms with E-state index < -0.39 is 0 Å². The summed E-state index contributed by atoms with van der Waals surface area (Å²) in [5.41, 5.74) is 3.89. The van der Waals surface area contributed by atoms with E-state index in [1.165, 1.54) is 11.1 Å². The van der Waals surface area contributed by atoms with Crippen molar-refractivity contribution in [1.82, 2.24) is 9.97 Å². The SMILES string of the molecule is OC1CN(c2nc([C@@H]3CCOC3)cc(N3CCc4ccccc4C3)n2)C1. The molecule has 136 valence electrons. The Morgan fingerprint density at radius 2 is 1.92 bits per heavy atom. The van der Waals surface area contributed by atoms with Gasteiger partial charge in [0.1, 0.15) is 5.82 Å². The van der Waals surface area contributed by atoms with Gasteiger partial charge in [-0.2, -0.15) is 4.98 Å². The van der Waals surface area contributed by atoms with Crippen molar-refractivity contribution in [1.29, 1.82) is 0 Å². The molecule has 1 aromatic heterocycles. The van der Waals surface area contributed by atoms with Gasteiger partial charge >= 0.3 is 0 Å². The molecule has 6 heteroatoms. The number of nitrogens with zero attached hydrogens (tertiary/aromatic N) is 4. The summed E-state index contributed by atoms with van der Waals surface area (Å²) in [5.74, 6) is 2.08. The lowest BCUT2D eigenvalue weighted by molar-refractivity contribution is 0.140. The Morgan fingerprint density at radius 3 is 2.69 bits per heavy atom. The molecular weight excluding hydrogens is 328 g/mol. The number of aromatic nitrogens is 2. The highest BCUT2D eigenvalue weighted by Crippen LogP contribution is 2.31. The van der Waals surface area contributed by atoms with Gasteiger partial charge in [-0.15, -0.1) is 0 Å². The molecule has 3 aliphatic rings. The van der Waals surface area contributed by atoms with Gasteiger partial charge in [0.25, 0.3) is 0 Å². The van der Waals surface area contributed by atoms with Crippen LogP contribution in [0, 0.1) is 0 Å². The molecule has 1 aromatic carbocycles. The van der Waals surface area contributed by atoms with Gasteiger partial charge in [0.15, 0.2) is 0 Å². The van der Waals surface area contributed by atoms with Crippen molar-refractivity contribution in [2.45, 2.75) is 31.4 Å². The van der Waals surface area contributed by atoms with Crippen LogP contribution < -0.4 is 9.80 Å². The van der Waals surface area contributed by atoms with E-state index in [9.17, 15) is 5.11 Å². The molecule has 3 aliphatic heterocycles. The first kappa shape index (κ1) is 16.0. The average Bonchev–Trinajstić information content (AvgIpc) is 3.19. The number of fused-ring (bicyclic) bond motifs is 1. The number of hydrogen-bond acceptors (Lipinski definition) is 6. The first-order valence-electron chi connectivity index (χ1n) is 9.48. The summed E-state index contributed by atoms with van der Waals surface area (Å²) < 4.78 is 5.57. The van der Waals surface area contributed by atoms with Crippen molar-refractivity contribution in [3.05, 3.63) is 47.2 Å². The van der Waals surface area contributed by atoms with Gasteiger partial charge in [-0.3, -0.25) is 0 Å². The van der Waals surface area contributed by atoms with Gasteiger partial charge in [0.2, 0.25) is 5.95 Å². The minimum Gasteiger partial charge on any atom is -0.389 e. The molecule has 0 radical (unpaired) electrons. The smallest absolute Gasteiger partial charge is 0.227 e. The molecule has 26 heavy (non-hydrogen) atoms. The van der Waals surface area contributed by atoms with E-state index in [2.05, 4.69) is 40.1 Å². The lowest BCUT2D eigenvalue weighted by Gasteiger charge is -2.37. The molecule has 2 aromatic rings. The maximum atomic E-state index is 9.66. The molecule has 0 bridgehead atoms. The Morgan fingerprint density at radius 1 is 1.08 bits per heavy atom. The van der Waals surface area contributed by atoms with E-state index >= 15 is 0 Å². The van der Waals surface area contributed by atoms with Crippen LogP contribution in [-0.4, -0.2) is 54.0 Å². The number of rotatable bonds is 3. The summed E-state index contributed by atoms with van der Waals surface area (Å²) in [6.07, 6.45) is 1.80. The number of benzene rings is 1. The quantitative estimate of drug-likeness (QED) is 0.908. The summed E-state index contributed by atoms with van der Waals surface area (Å²) >= 11 is 0. The number of aliphatic hydroxyl groups is 1. The van der Waals surface area contributed by atoms with Gasteiger partial charge in [-0.25, -0.2) is 4.98 Å². The second-order valence-electron chi connectivity index (χ2n) is 7.51. The van der Waals surface area contributed by atoms with Gasteiger partial charge in [0.05, 0.1) is 18.4 Å². The topological polar surface area (TPSA) is 61.7 Å². The van der Waals surface area contributed by atoms with E-state index in [1.54, 1.807) is 0 Å². The third-order valence-corrected chi connectivity index (χ3v) is 5.67. The van der Waals surface area contributed by atoms with Crippen LogP contribution in [0.4, 0.5) is 11.8 Å². The molecule has 0 saturated carbocycles. The van der Waals surface area contributed by atoms with Crippen molar-refractivity contribution in [3.8, 4) is 0 Å². The maximum absolute atomic E-state index is 9.66. The van der Waals surface area contributed by atoms with Crippen molar-refractivity contribution in [3.63, 3.8) is 0 Å². The minimum atomic E-state index is -0.262. The molecule has 0 spiro atoms. The Hall–Kier alpha value is -2.18. The zero-order valence-electron chi connectivity index (χ0n) is 14.8. The second kappa shape index (κ2) is 6.52. The van der Waals surface area contributed by atoms with Gasteiger partial charge in [0, 0.05) is 44.8 Å². The molecule has 1 N–H and O–H groups in total. The highest BCUT2D eigenvalue weighted by molar-refractivity contribution is 5.50. The summed E-state index contributed by atoms with van der Waals surface area (Å²) in [5, 5.41) is 9.66. The van der Waals surface area contributed by atoms with Crippen LogP contribution in [0.2, 0.25) is 0 Å². The summed E-state index contributed by atoms with van der Waals surface area (Å²) in [7, 11) is 0. The molecule has 2 saturated heterocycles. The predicted molar refractivity (Wildman–Crippen MR) is 99.6 cm³/mol. The monoisotopic (exact) mass is 352 g/mol. The second-order valence-corrected chi connectivity index (χ2v) is 7.51. The van der Waals surface area contributed by atoms with E-state index in [4.69, 9.17) is 14.7 Å². The molecule has 5 rings (SSSR count). The number of ether oxygens (including phenoxy) is 1. The standard InChI is InChI=1S/C20H24N4O2/c25-17-11-24(12-17)20-21-18(16-6-8-26-13-16)9-19(22-20)23-7-5-14-3-1-2-4-15(14)10-23/h1-4,9,16-17,25H,5-8,10-13H2/t16-/m1/s1. The highest BCUT2D eigenvalue weighted by Gasteiger charge is 2.30. The lowest BCUT2D eigenvalue weighted by Crippen LogP contribution is -2.51. The molecule has 6 nitrogen and oxygen atoms in total. The number of aliphatic hydroxyl groups excluding tert-OH is 1. The summed E-state index contributed by atoms with van der Waals surface area (Å²) in [4.78, 5) is 14.1. The first-order chi connectivity index (χ1) is 12.8. The molecule has 1 atom stereocenters. The number of anilines is 2. The fourth-order valence-corrected chi connectivity index (χ4v) is 4.03. The van der Waals surface area contributed by atoms with Gasteiger partial charge < -0.3 is 19.6 Å². The summed E-state index contributed by atoms with van der Waals surface area (Å²) in [6.45, 7) is 4.63. The molecule has 0 unspecified atom stereocenters. The Balaban J connectivity index is 1.47. The molecule has 0 aliphatic carbocycles. The van der Waals surface area contributed by atoms with E-state index in [0.29, 0.717) is 19.0 Å². The van der Waals surface area contributed by atoms with Crippen LogP contribution in [-0.2, 0) is 17.7 Å². The zero-order valence-corrected chi connectivity index (χ0v) is 14.8. The van der Waals surface area contributed by atoms with Crippen LogP contribution in [0.25, 0.3) is 0 Å². The van der Waals surface area contributed by atoms with Crippen LogP contribution in [0.3, 0.4) is 0 Å². The van der Waals surface area contributed by atoms with E-state index in [0.717, 1.165) is 56.6 Å². The largest absolute Gasteiger partial charge is 0.389 e. The van der Waals surface area contributed by atoms with Gasteiger partial charge in [-0.05, 0) is 24.0 Å². The van der Waals surface area contributed by atoms with Crippen LogP contribution in [0.5, 0.6) is 0 Å². The first-order valence-corrected chi connectivity index (χ1v) is 9.48. The van der Waals surface area contributed by atoms with Crippen LogP contribution in [0.1, 0.15) is 29.2 Å². The Labute approximate surface area is 153 Å². The van der Waals surface area contributed by atoms with Crippen LogP contribution in [0.15, 0.2) is 30.3 Å². The zero-order chi connectivity index (χ0) is 17.5. The number of hydrogen-bond donors (Lipinski definition) is 1. The molecular formula is C20H24N4O2. The summed E-state index contributed by atoms with van der Waals surface area (Å²) in [6, 6.07) is 10.8. The lowest BCUT2D eigenvalue weighted by atomic mass is 9.99. The van der Waals surface area contributed by atoms with Crippen molar-refractivity contribution < 1.29 is 9.84 Å². The van der Waals surface area contributed by atoms with Crippen molar-refractivity contribution in [2.75, 3.05) is 42.6 Å². The Kier molecular flexibility index (Phi) is 4.02. The van der Waals surface area contributed by atoms with Crippen molar-refractivity contribution >= 4 is 11.8 Å². The fraction of sp³-hybridized carbons (Fsp3) is 0.500. The molecule has 2 fully saturated rings. The molecule has 0 amide bonds. The Bertz CT molecular complexity index is 800. The highest BCUT2D eigenvalue weighted by atomic mass is 16.5. The average molecular weight is 352 g/mol. The third-order valence-electron chi connectivity index (χ3n) is 5.67. The third kappa shape index (κ3) is 2.93. The van der Waals surface area contributed by atoms with E-state index in [-0.39, 0.29) is 6.10 Å². The fourth-order valence-electron chi connectivity index (χ4n) is 4.03. The van der Waals surface area contributed by atoms with Gasteiger partial charge in [-0.1, -0.05) is 24.3 Å². The maximum Gasteiger partial charge on any atom is 0.227 e. The van der Waals surface area contributed by atoms with Crippen LogP contribution >= 0.6 is 0 Å².